The molecular formula is C28H24ClN3O6. The number of halogens is 1. The van der Waals surface area contributed by atoms with Crippen molar-refractivity contribution in [1.82, 2.24) is 5.32 Å². The first-order chi connectivity index (χ1) is 18.2. The van der Waals surface area contributed by atoms with E-state index in [0.717, 1.165) is 16.0 Å². The predicted octanol–water partition coefficient (Wildman–Crippen LogP) is 4.65. The summed E-state index contributed by atoms with van der Waals surface area (Å²) in [7, 11) is 1.50. The molecule has 0 saturated carbocycles. The summed E-state index contributed by atoms with van der Waals surface area (Å²) < 4.78 is 10.7. The minimum absolute atomic E-state index is 0.172. The molecule has 0 unspecified atom stereocenters. The van der Waals surface area contributed by atoms with Crippen molar-refractivity contribution in [3.63, 3.8) is 0 Å². The molecule has 3 aromatic rings. The van der Waals surface area contributed by atoms with E-state index in [4.69, 9.17) is 21.1 Å². The van der Waals surface area contributed by atoms with Gasteiger partial charge in [0.2, 0.25) is 0 Å². The lowest BCUT2D eigenvalue weighted by atomic mass is 10.1. The smallest absolute Gasteiger partial charge is 0.335 e. The highest BCUT2D eigenvalue weighted by atomic mass is 35.5. The number of barbiturate groups is 1. The van der Waals surface area contributed by atoms with E-state index in [1.54, 1.807) is 18.2 Å². The largest absolute Gasteiger partial charge is 0.497 e. The van der Waals surface area contributed by atoms with Gasteiger partial charge in [0.25, 0.3) is 17.7 Å². The molecule has 10 heteroatoms. The Hall–Kier alpha value is -4.63. The number of hydrogen-bond acceptors (Lipinski definition) is 6. The molecule has 9 nitrogen and oxygen atoms in total. The number of benzene rings is 3. The second-order valence-corrected chi connectivity index (χ2v) is 8.84. The summed E-state index contributed by atoms with van der Waals surface area (Å²) in [6, 6.07) is 15.6. The monoisotopic (exact) mass is 533 g/mol. The van der Waals surface area contributed by atoms with Crippen molar-refractivity contribution in [3.05, 3.63) is 87.9 Å². The van der Waals surface area contributed by atoms with E-state index in [9.17, 15) is 19.2 Å². The fourth-order valence-electron chi connectivity index (χ4n) is 3.73. The molecule has 1 saturated heterocycles. The number of aryl methyl sites for hydroxylation is 1. The highest BCUT2D eigenvalue weighted by molar-refractivity contribution is 6.39. The second-order valence-electron chi connectivity index (χ2n) is 8.43. The number of rotatable bonds is 7. The molecule has 38 heavy (non-hydrogen) atoms. The van der Waals surface area contributed by atoms with Gasteiger partial charge in [0.15, 0.2) is 6.61 Å². The molecule has 194 valence electrons. The molecule has 0 atom stereocenters. The van der Waals surface area contributed by atoms with Crippen molar-refractivity contribution < 1.29 is 28.7 Å². The normalized spacial score (nSPS) is 14.4. The van der Waals surface area contributed by atoms with Gasteiger partial charge in [-0.25, -0.2) is 9.69 Å². The lowest BCUT2D eigenvalue weighted by Gasteiger charge is -2.26. The van der Waals surface area contributed by atoms with Crippen molar-refractivity contribution in [2.45, 2.75) is 13.8 Å². The van der Waals surface area contributed by atoms with Gasteiger partial charge in [-0.15, -0.1) is 0 Å². The average Bonchev–Trinajstić information content (AvgIpc) is 2.89. The molecule has 1 aliphatic rings. The van der Waals surface area contributed by atoms with Gasteiger partial charge in [-0.05, 0) is 79.1 Å². The summed E-state index contributed by atoms with van der Waals surface area (Å²) in [5.74, 6) is -1.17. The summed E-state index contributed by atoms with van der Waals surface area (Å²) >= 11 is 6.34. The number of urea groups is 1. The van der Waals surface area contributed by atoms with Crippen LogP contribution in [-0.4, -0.2) is 37.5 Å². The quantitative estimate of drug-likeness (QED) is 0.337. The molecule has 1 aliphatic heterocycles. The van der Waals surface area contributed by atoms with Crippen molar-refractivity contribution in [2.75, 3.05) is 23.9 Å². The first-order valence-corrected chi connectivity index (χ1v) is 11.9. The van der Waals surface area contributed by atoms with Crippen LogP contribution in [0.4, 0.5) is 16.2 Å². The summed E-state index contributed by atoms with van der Waals surface area (Å²) in [5.41, 5.74) is 3.16. The van der Waals surface area contributed by atoms with Crippen LogP contribution in [0.5, 0.6) is 11.5 Å². The molecule has 5 amide bonds. The lowest BCUT2D eigenvalue weighted by molar-refractivity contribution is -0.122. The predicted molar refractivity (Wildman–Crippen MR) is 143 cm³/mol. The maximum Gasteiger partial charge on any atom is 0.335 e. The molecule has 0 aliphatic carbocycles. The van der Waals surface area contributed by atoms with Crippen molar-refractivity contribution in [2.24, 2.45) is 0 Å². The van der Waals surface area contributed by atoms with Crippen LogP contribution in [0.25, 0.3) is 6.08 Å². The fraction of sp³-hybridized carbons (Fsp3) is 0.143. The molecule has 1 fully saturated rings. The van der Waals surface area contributed by atoms with Crippen LogP contribution >= 0.6 is 11.6 Å². The Bertz CT molecular complexity index is 1470. The SMILES string of the molecule is COc1ccc(N2C(=O)NC(=O)/C(=C\c3ccc(OCC(=O)Nc4cccc(C)c4C)c(Cl)c3)C2=O)cc1. The van der Waals surface area contributed by atoms with E-state index in [1.807, 2.05) is 32.0 Å². The van der Waals surface area contributed by atoms with Crippen LogP contribution < -0.4 is 25.0 Å². The van der Waals surface area contributed by atoms with E-state index < -0.39 is 17.8 Å². The molecule has 0 aromatic heterocycles. The maximum absolute atomic E-state index is 13.1. The van der Waals surface area contributed by atoms with Gasteiger partial charge in [0.1, 0.15) is 17.1 Å². The van der Waals surface area contributed by atoms with Crippen LogP contribution in [-0.2, 0) is 14.4 Å². The zero-order valence-corrected chi connectivity index (χ0v) is 21.6. The fourth-order valence-corrected chi connectivity index (χ4v) is 3.97. The third-order valence-electron chi connectivity index (χ3n) is 5.94. The van der Waals surface area contributed by atoms with Gasteiger partial charge in [0, 0.05) is 5.69 Å². The Labute approximate surface area is 224 Å². The minimum atomic E-state index is -0.858. The number of ether oxygens (including phenoxy) is 2. The Morgan fingerprint density at radius 3 is 2.47 bits per heavy atom. The molecule has 0 bridgehead atoms. The summed E-state index contributed by atoms with van der Waals surface area (Å²) in [6.45, 7) is 3.60. The van der Waals surface area contributed by atoms with Crippen LogP contribution in [0, 0.1) is 13.8 Å². The number of hydrogen-bond donors (Lipinski definition) is 2. The number of nitrogens with one attached hydrogen (secondary N) is 2. The van der Waals surface area contributed by atoms with E-state index in [0.29, 0.717) is 17.0 Å². The molecule has 0 radical (unpaired) electrons. The van der Waals surface area contributed by atoms with Gasteiger partial charge in [0.05, 0.1) is 17.8 Å². The Morgan fingerprint density at radius 1 is 1.05 bits per heavy atom. The number of nitrogens with zero attached hydrogens (tertiary/aromatic N) is 1. The third kappa shape index (κ3) is 5.68. The average molecular weight is 534 g/mol. The van der Waals surface area contributed by atoms with Gasteiger partial charge in [-0.2, -0.15) is 0 Å². The molecule has 1 heterocycles. The van der Waals surface area contributed by atoms with Crippen LogP contribution in [0.2, 0.25) is 5.02 Å². The number of anilines is 2. The highest BCUT2D eigenvalue weighted by Crippen LogP contribution is 2.28. The summed E-state index contributed by atoms with van der Waals surface area (Å²) in [4.78, 5) is 51.1. The van der Waals surface area contributed by atoms with E-state index in [1.165, 1.54) is 37.5 Å². The van der Waals surface area contributed by atoms with Gasteiger partial charge < -0.3 is 14.8 Å². The van der Waals surface area contributed by atoms with Gasteiger partial charge in [-0.1, -0.05) is 29.8 Å². The Morgan fingerprint density at radius 2 is 1.79 bits per heavy atom. The topological polar surface area (TPSA) is 114 Å². The maximum atomic E-state index is 13.1. The van der Waals surface area contributed by atoms with E-state index in [-0.39, 0.29) is 34.5 Å². The summed E-state index contributed by atoms with van der Waals surface area (Å²) in [6.07, 6.45) is 1.32. The Kier molecular flexibility index (Phi) is 7.78. The zero-order chi connectivity index (χ0) is 27.4. The highest BCUT2D eigenvalue weighted by Gasteiger charge is 2.36. The number of imide groups is 2. The second kappa shape index (κ2) is 11.2. The number of carbonyl (C=O) groups excluding carboxylic acids is 4. The van der Waals surface area contributed by atoms with E-state index >= 15 is 0 Å². The molecule has 2 N–H and O–H groups in total. The molecule has 0 spiro atoms. The van der Waals surface area contributed by atoms with Crippen molar-refractivity contribution >= 4 is 52.8 Å². The van der Waals surface area contributed by atoms with Gasteiger partial charge >= 0.3 is 6.03 Å². The van der Waals surface area contributed by atoms with Crippen LogP contribution in [0.3, 0.4) is 0 Å². The minimum Gasteiger partial charge on any atom is -0.497 e. The lowest BCUT2D eigenvalue weighted by Crippen LogP contribution is -2.54. The number of carbonyl (C=O) groups is 4. The van der Waals surface area contributed by atoms with E-state index in [2.05, 4.69) is 10.6 Å². The first-order valence-electron chi connectivity index (χ1n) is 11.5. The number of amides is 5. The molecular weight excluding hydrogens is 510 g/mol. The van der Waals surface area contributed by atoms with Crippen LogP contribution in [0.1, 0.15) is 16.7 Å². The standard InChI is InChI=1S/C28H24ClN3O6/c1-16-5-4-6-23(17(16)2)30-25(33)15-38-24-12-7-18(14-22(24)29)13-21-26(34)31-28(36)32(27(21)35)19-8-10-20(37-3)11-9-19/h4-14H,15H2,1-3H3,(H,30,33)(H,31,34,36)/b21-13+. The van der Waals surface area contributed by atoms with Gasteiger partial charge in [-0.3, -0.25) is 19.7 Å². The van der Waals surface area contributed by atoms with Crippen molar-refractivity contribution in [3.8, 4) is 11.5 Å². The third-order valence-corrected chi connectivity index (χ3v) is 6.23. The molecule has 3 aromatic carbocycles. The van der Waals surface area contributed by atoms with Crippen LogP contribution in [0.15, 0.2) is 66.2 Å². The Balaban J connectivity index is 1.47. The number of methoxy groups -OCH3 is 1. The van der Waals surface area contributed by atoms with Crippen molar-refractivity contribution in [1.29, 1.82) is 0 Å². The first kappa shape index (κ1) is 26.4. The summed E-state index contributed by atoms with van der Waals surface area (Å²) in [5, 5.41) is 5.15. The molecule has 4 rings (SSSR count). The zero-order valence-electron chi connectivity index (χ0n) is 20.8.